The van der Waals surface area contributed by atoms with Gasteiger partial charge in [-0.3, -0.25) is 0 Å². The zero-order valence-electron chi connectivity index (χ0n) is 17.0. The number of carbonyl (C=O) groups is 1. The first-order valence-corrected chi connectivity index (χ1v) is 9.02. The summed E-state index contributed by atoms with van der Waals surface area (Å²) in [6, 6.07) is 9.57. The second kappa shape index (κ2) is 9.21. The quantitative estimate of drug-likeness (QED) is 0.407. The van der Waals surface area contributed by atoms with Gasteiger partial charge in [0.1, 0.15) is 12.4 Å². The predicted molar refractivity (Wildman–Crippen MR) is 109 cm³/mol. The van der Waals surface area contributed by atoms with Crippen molar-refractivity contribution in [2.45, 2.75) is 34.3 Å². The SMILES string of the molecule is CCN(C)/C=N/c1cc(C)c(C(=O)OCc2ccc(C)cc2OC)cc1C. The van der Waals surface area contributed by atoms with Crippen LogP contribution in [0.2, 0.25) is 0 Å². The van der Waals surface area contributed by atoms with Gasteiger partial charge < -0.3 is 14.4 Å². The molecule has 5 heteroatoms. The van der Waals surface area contributed by atoms with Crippen LogP contribution >= 0.6 is 0 Å². The average Bonchev–Trinajstić information content (AvgIpc) is 2.66. The monoisotopic (exact) mass is 368 g/mol. The molecule has 0 atom stereocenters. The first-order valence-electron chi connectivity index (χ1n) is 9.02. The van der Waals surface area contributed by atoms with Gasteiger partial charge in [0.25, 0.3) is 0 Å². The third-order valence-corrected chi connectivity index (χ3v) is 4.46. The highest BCUT2D eigenvalue weighted by Gasteiger charge is 2.14. The summed E-state index contributed by atoms with van der Waals surface area (Å²) in [6.07, 6.45) is 1.80. The second-order valence-electron chi connectivity index (χ2n) is 6.66. The molecule has 0 saturated heterocycles. The van der Waals surface area contributed by atoms with Gasteiger partial charge in [-0.05, 0) is 62.6 Å². The van der Waals surface area contributed by atoms with Crippen LogP contribution in [0.4, 0.5) is 5.69 Å². The van der Waals surface area contributed by atoms with Crippen LogP contribution in [-0.2, 0) is 11.3 Å². The van der Waals surface area contributed by atoms with Crippen LogP contribution in [0.1, 0.15) is 39.5 Å². The Morgan fingerprint density at radius 2 is 1.89 bits per heavy atom. The fraction of sp³-hybridized carbons (Fsp3) is 0.364. The zero-order chi connectivity index (χ0) is 20.0. The molecule has 0 unspecified atom stereocenters. The van der Waals surface area contributed by atoms with Gasteiger partial charge in [0.05, 0.1) is 24.7 Å². The highest BCUT2D eigenvalue weighted by molar-refractivity contribution is 5.92. The van der Waals surface area contributed by atoms with Crippen molar-refractivity contribution in [2.75, 3.05) is 20.7 Å². The minimum atomic E-state index is -0.348. The number of aryl methyl sites for hydroxylation is 3. The van der Waals surface area contributed by atoms with E-state index >= 15 is 0 Å². The standard InChI is InChI=1S/C22H28N2O3/c1-7-24(5)14-23-20-12-16(3)19(11-17(20)4)22(25)27-13-18-9-8-15(2)10-21(18)26-6/h8-12,14H,7,13H2,1-6H3/b23-14+. The summed E-state index contributed by atoms with van der Waals surface area (Å²) < 4.78 is 10.9. The Morgan fingerprint density at radius 1 is 1.15 bits per heavy atom. The van der Waals surface area contributed by atoms with E-state index in [4.69, 9.17) is 9.47 Å². The van der Waals surface area contributed by atoms with Crippen molar-refractivity contribution in [1.82, 2.24) is 4.90 Å². The number of carbonyl (C=O) groups excluding carboxylic acids is 1. The number of benzene rings is 2. The summed E-state index contributed by atoms with van der Waals surface area (Å²) in [5, 5.41) is 0. The van der Waals surface area contributed by atoms with Crippen LogP contribution in [0, 0.1) is 20.8 Å². The lowest BCUT2D eigenvalue weighted by atomic mass is 10.0. The van der Waals surface area contributed by atoms with E-state index in [9.17, 15) is 4.79 Å². The fourth-order valence-electron chi connectivity index (χ4n) is 2.59. The number of ether oxygens (including phenoxy) is 2. The normalized spacial score (nSPS) is 10.9. The molecule has 0 aliphatic carbocycles. The first kappa shape index (κ1) is 20.5. The zero-order valence-corrected chi connectivity index (χ0v) is 17.0. The highest BCUT2D eigenvalue weighted by atomic mass is 16.5. The number of methoxy groups -OCH3 is 1. The molecule has 0 bridgehead atoms. The molecule has 5 nitrogen and oxygen atoms in total. The molecule has 0 aromatic heterocycles. The lowest BCUT2D eigenvalue weighted by Crippen LogP contribution is -2.14. The van der Waals surface area contributed by atoms with E-state index in [1.54, 1.807) is 13.4 Å². The smallest absolute Gasteiger partial charge is 0.338 e. The average molecular weight is 368 g/mol. The Balaban J connectivity index is 2.15. The van der Waals surface area contributed by atoms with Gasteiger partial charge in [-0.25, -0.2) is 9.79 Å². The third-order valence-electron chi connectivity index (χ3n) is 4.46. The summed E-state index contributed by atoms with van der Waals surface area (Å²) in [6.45, 7) is 8.94. The summed E-state index contributed by atoms with van der Waals surface area (Å²) in [5.41, 5.74) is 5.12. The molecule has 0 heterocycles. The first-order chi connectivity index (χ1) is 12.8. The number of hydrogen-bond acceptors (Lipinski definition) is 4. The molecule has 0 aliphatic rings. The van der Waals surface area contributed by atoms with E-state index in [1.807, 2.05) is 63.1 Å². The maximum absolute atomic E-state index is 12.6. The summed E-state index contributed by atoms with van der Waals surface area (Å²) in [5.74, 6) is 0.375. The van der Waals surface area contributed by atoms with E-state index < -0.39 is 0 Å². The van der Waals surface area contributed by atoms with Gasteiger partial charge in [-0.1, -0.05) is 12.1 Å². The third kappa shape index (κ3) is 5.33. The number of nitrogens with zero attached hydrogens (tertiary/aromatic N) is 2. The molecular weight excluding hydrogens is 340 g/mol. The maximum Gasteiger partial charge on any atom is 0.338 e. The molecule has 2 aromatic rings. The molecule has 0 aliphatic heterocycles. The molecular formula is C22H28N2O3. The van der Waals surface area contributed by atoms with Crippen LogP contribution in [0.3, 0.4) is 0 Å². The molecule has 0 amide bonds. The fourth-order valence-corrected chi connectivity index (χ4v) is 2.59. The number of rotatable bonds is 7. The van der Waals surface area contributed by atoms with Gasteiger partial charge in [0, 0.05) is 19.2 Å². The molecule has 0 spiro atoms. The van der Waals surface area contributed by atoms with E-state index in [1.165, 1.54) is 0 Å². The summed E-state index contributed by atoms with van der Waals surface area (Å²) in [4.78, 5) is 19.1. The van der Waals surface area contributed by atoms with E-state index in [-0.39, 0.29) is 12.6 Å². The summed E-state index contributed by atoms with van der Waals surface area (Å²) in [7, 11) is 3.58. The van der Waals surface area contributed by atoms with Crippen molar-refractivity contribution in [1.29, 1.82) is 0 Å². The molecule has 0 saturated carbocycles. The Labute approximate surface area is 161 Å². The van der Waals surface area contributed by atoms with Crippen molar-refractivity contribution in [3.63, 3.8) is 0 Å². The largest absolute Gasteiger partial charge is 0.496 e. The topological polar surface area (TPSA) is 51.1 Å². The van der Waals surface area contributed by atoms with Gasteiger partial charge >= 0.3 is 5.97 Å². The van der Waals surface area contributed by atoms with Crippen molar-refractivity contribution < 1.29 is 14.3 Å². The minimum absolute atomic E-state index is 0.169. The van der Waals surface area contributed by atoms with Gasteiger partial charge in [-0.15, -0.1) is 0 Å². The highest BCUT2D eigenvalue weighted by Crippen LogP contribution is 2.25. The molecule has 0 radical (unpaired) electrons. The van der Waals surface area contributed by atoms with E-state index in [2.05, 4.69) is 11.9 Å². The van der Waals surface area contributed by atoms with E-state index in [0.717, 1.165) is 40.2 Å². The molecule has 2 rings (SSSR count). The molecule has 144 valence electrons. The van der Waals surface area contributed by atoms with Crippen LogP contribution in [0.25, 0.3) is 0 Å². The van der Waals surface area contributed by atoms with Crippen LogP contribution < -0.4 is 4.74 Å². The lowest BCUT2D eigenvalue weighted by molar-refractivity contribution is 0.0469. The Hall–Kier alpha value is -2.82. The number of esters is 1. The molecule has 0 N–H and O–H groups in total. The Bertz CT molecular complexity index is 844. The van der Waals surface area contributed by atoms with E-state index in [0.29, 0.717) is 5.56 Å². The lowest BCUT2D eigenvalue weighted by Gasteiger charge is -2.13. The van der Waals surface area contributed by atoms with Crippen LogP contribution in [0.15, 0.2) is 35.3 Å². The van der Waals surface area contributed by atoms with Crippen LogP contribution in [-0.4, -0.2) is 37.9 Å². The number of hydrogen-bond donors (Lipinski definition) is 0. The van der Waals surface area contributed by atoms with Gasteiger partial charge in [0.2, 0.25) is 0 Å². The molecule has 0 fully saturated rings. The second-order valence-corrected chi connectivity index (χ2v) is 6.66. The van der Waals surface area contributed by atoms with Gasteiger partial charge in [0.15, 0.2) is 0 Å². The van der Waals surface area contributed by atoms with Crippen molar-refractivity contribution in [3.05, 3.63) is 58.1 Å². The molecule has 27 heavy (non-hydrogen) atoms. The van der Waals surface area contributed by atoms with Crippen LogP contribution in [0.5, 0.6) is 5.75 Å². The molecule has 2 aromatic carbocycles. The minimum Gasteiger partial charge on any atom is -0.496 e. The van der Waals surface area contributed by atoms with Gasteiger partial charge in [-0.2, -0.15) is 0 Å². The predicted octanol–water partition coefficient (Wildman–Crippen LogP) is 4.59. The van der Waals surface area contributed by atoms with Crippen molar-refractivity contribution >= 4 is 18.0 Å². The number of aliphatic imine (C=N–C) groups is 1. The Morgan fingerprint density at radius 3 is 2.56 bits per heavy atom. The maximum atomic E-state index is 12.6. The Kier molecular flexibility index (Phi) is 6.99. The van der Waals surface area contributed by atoms with Crippen molar-refractivity contribution in [2.24, 2.45) is 4.99 Å². The van der Waals surface area contributed by atoms with Crippen molar-refractivity contribution in [3.8, 4) is 5.75 Å². The summed E-state index contributed by atoms with van der Waals surface area (Å²) >= 11 is 0.